The van der Waals surface area contributed by atoms with Crippen LogP contribution in [0.4, 0.5) is 0 Å². The van der Waals surface area contributed by atoms with Crippen LogP contribution in [-0.4, -0.2) is 30.6 Å². The molecule has 0 aromatic heterocycles. The van der Waals surface area contributed by atoms with Crippen molar-refractivity contribution in [2.75, 3.05) is 19.7 Å². The molecule has 2 N–H and O–H groups in total. The lowest BCUT2D eigenvalue weighted by Crippen LogP contribution is -2.39. The predicted octanol–water partition coefficient (Wildman–Crippen LogP) is 3.72. The van der Waals surface area contributed by atoms with E-state index in [1.165, 1.54) is 18.4 Å². The monoisotopic (exact) mass is 332 g/mol. The Labute approximate surface area is 139 Å². The number of halogens is 2. The molecule has 5 heteroatoms. The van der Waals surface area contributed by atoms with Gasteiger partial charge in [0.25, 0.3) is 0 Å². The van der Waals surface area contributed by atoms with Crippen LogP contribution in [0.1, 0.15) is 32.3 Å². The highest BCUT2D eigenvalue weighted by atomic mass is 35.5. The molecule has 0 aliphatic carbocycles. The zero-order valence-electron chi connectivity index (χ0n) is 12.8. The Bertz CT molecular complexity index is 432. The number of nitrogens with two attached hydrogens (primary N) is 1. The number of hydrogen-bond acceptors (Lipinski definition) is 3. The first-order chi connectivity index (χ1) is 9.61. The zero-order valence-corrected chi connectivity index (χ0v) is 14.4. The minimum atomic E-state index is 0. The van der Waals surface area contributed by atoms with Crippen LogP contribution in [0.2, 0.25) is 5.02 Å². The van der Waals surface area contributed by atoms with Crippen LogP contribution in [0.3, 0.4) is 0 Å². The number of piperidine rings is 1. The highest BCUT2D eigenvalue weighted by Crippen LogP contribution is 2.30. The molecule has 0 bridgehead atoms. The van der Waals surface area contributed by atoms with Crippen molar-refractivity contribution < 1.29 is 4.74 Å². The van der Waals surface area contributed by atoms with Gasteiger partial charge in [0.15, 0.2) is 0 Å². The average molecular weight is 333 g/mol. The standard InChI is InChI=1S/C16H25ClN2O.ClH/c1-3-20-16-14(5-4-6-15(16)17)11-19-9-7-13(8-10-19)12(2)18;/h4-6,12-13H,3,7-11,18H2,1-2H3;1H. The first-order valence-electron chi connectivity index (χ1n) is 7.50. The van der Waals surface area contributed by atoms with Crippen LogP contribution in [0.25, 0.3) is 0 Å². The second-order valence-electron chi connectivity index (χ2n) is 5.63. The van der Waals surface area contributed by atoms with Crippen molar-refractivity contribution in [3.8, 4) is 5.75 Å². The van der Waals surface area contributed by atoms with Gasteiger partial charge in [-0.2, -0.15) is 0 Å². The minimum Gasteiger partial charge on any atom is -0.492 e. The summed E-state index contributed by atoms with van der Waals surface area (Å²) in [5.74, 6) is 1.50. The van der Waals surface area contributed by atoms with Gasteiger partial charge in [-0.1, -0.05) is 23.7 Å². The molecular weight excluding hydrogens is 307 g/mol. The molecule has 120 valence electrons. The maximum absolute atomic E-state index is 6.23. The smallest absolute Gasteiger partial charge is 0.142 e. The first kappa shape index (κ1) is 18.6. The average Bonchev–Trinajstić information content (AvgIpc) is 2.43. The Balaban J connectivity index is 0.00000220. The van der Waals surface area contributed by atoms with Crippen molar-refractivity contribution in [3.05, 3.63) is 28.8 Å². The molecule has 1 aliphatic heterocycles. The molecule has 1 aromatic carbocycles. The largest absolute Gasteiger partial charge is 0.492 e. The summed E-state index contributed by atoms with van der Waals surface area (Å²) in [6.45, 7) is 7.85. The van der Waals surface area contributed by atoms with Gasteiger partial charge >= 0.3 is 0 Å². The van der Waals surface area contributed by atoms with E-state index in [9.17, 15) is 0 Å². The van der Waals surface area contributed by atoms with Gasteiger partial charge in [-0.3, -0.25) is 4.90 Å². The molecule has 1 fully saturated rings. The van der Waals surface area contributed by atoms with E-state index in [1.54, 1.807) is 0 Å². The molecule has 0 radical (unpaired) electrons. The third kappa shape index (κ3) is 5.03. The lowest BCUT2D eigenvalue weighted by molar-refractivity contribution is 0.164. The fourth-order valence-corrected chi connectivity index (χ4v) is 3.11. The van der Waals surface area contributed by atoms with Crippen molar-refractivity contribution in [2.45, 2.75) is 39.3 Å². The Morgan fingerprint density at radius 3 is 2.62 bits per heavy atom. The molecule has 2 rings (SSSR count). The Hall–Kier alpha value is -0.480. The number of likely N-dealkylation sites (tertiary alicyclic amines) is 1. The maximum Gasteiger partial charge on any atom is 0.142 e. The number of rotatable bonds is 5. The topological polar surface area (TPSA) is 38.5 Å². The minimum absolute atomic E-state index is 0. The summed E-state index contributed by atoms with van der Waals surface area (Å²) in [6, 6.07) is 6.30. The van der Waals surface area contributed by atoms with Crippen molar-refractivity contribution in [1.29, 1.82) is 0 Å². The van der Waals surface area contributed by atoms with Crippen LogP contribution in [-0.2, 0) is 6.54 Å². The number of benzene rings is 1. The molecule has 1 unspecified atom stereocenters. The summed E-state index contributed by atoms with van der Waals surface area (Å²) in [4.78, 5) is 2.47. The van der Waals surface area contributed by atoms with Crippen molar-refractivity contribution in [1.82, 2.24) is 4.90 Å². The van der Waals surface area contributed by atoms with Crippen LogP contribution in [0.5, 0.6) is 5.75 Å². The summed E-state index contributed by atoms with van der Waals surface area (Å²) >= 11 is 6.23. The third-order valence-corrected chi connectivity index (χ3v) is 4.40. The summed E-state index contributed by atoms with van der Waals surface area (Å²) in [7, 11) is 0. The van der Waals surface area contributed by atoms with Gasteiger partial charge in [0.2, 0.25) is 0 Å². The Morgan fingerprint density at radius 2 is 2.05 bits per heavy atom. The van der Waals surface area contributed by atoms with E-state index in [-0.39, 0.29) is 12.4 Å². The predicted molar refractivity (Wildman–Crippen MR) is 91.5 cm³/mol. The molecular formula is C16H26Cl2N2O. The number of para-hydroxylation sites is 1. The van der Waals surface area contributed by atoms with Gasteiger partial charge in [0.1, 0.15) is 5.75 Å². The van der Waals surface area contributed by atoms with Crippen molar-refractivity contribution in [2.24, 2.45) is 11.7 Å². The number of nitrogens with zero attached hydrogens (tertiary/aromatic N) is 1. The summed E-state index contributed by atoms with van der Waals surface area (Å²) in [5, 5.41) is 0.704. The summed E-state index contributed by atoms with van der Waals surface area (Å²) < 4.78 is 5.69. The highest BCUT2D eigenvalue weighted by Gasteiger charge is 2.22. The van der Waals surface area contributed by atoms with E-state index in [2.05, 4.69) is 17.9 Å². The van der Waals surface area contributed by atoms with Gasteiger partial charge in [-0.25, -0.2) is 0 Å². The summed E-state index contributed by atoms with van der Waals surface area (Å²) in [5.41, 5.74) is 7.17. The number of hydrogen-bond donors (Lipinski definition) is 1. The van der Waals surface area contributed by atoms with E-state index >= 15 is 0 Å². The molecule has 21 heavy (non-hydrogen) atoms. The molecule has 3 nitrogen and oxygen atoms in total. The quantitative estimate of drug-likeness (QED) is 0.892. The normalized spacial score (nSPS) is 18.1. The van der Waals surface area contributed by atoms with Crippen LogP contribution in [0, 0.1) is 5.92 Å². The molecule has 1 saturated heterocycles. The van der Waals surface area contributed by atoms with Gasteiger partial charge in [-0.15, -0.1) is 12.4 Å². The van der Waals surface area contributed by atoms with E-state index in [0.29, 0.717) is 23.6 Å². The highest BCUT2D eigenvalue weighted by molar-refractivity contribution is 6.32. The fourth-order valence-electron chi connectivity index (χ4n) is 2.86. The maximum atomic E-state index is 6.23. The van der Waals surface area contributed by atoms with Crippen LogP contribution >= 0.6 is 24.0 Å². The van der Waals surface area contributed by atoms with E-state index in [1.807, 2.05) is 19.1 Å². The molecule has 1 aromatic rings. The molecule has 0 amide bonds. The van der Waals surface area contributed by atoms with Crippen molar-refractivity contribution in [3.63, 3.8) is 0 Å². The molecule has 1 heterocycles. The second kappa shape index (κ2) is 8.84. The molecule has 1 aliphatic rings. The SMILES string of the molecule is CCOc1c(Cl)cccc1CN1CCC(C(C)N)CC1.Cl. The second-order valence-corrected chi connectivity index (χ2v) is 6.04. The lowest BCUT2D eigenvalue weighted by atomic mass is 9.91. The number of ether oxygens (including phenoxy) is 1. The van der Waals surface area contributed by atoms with Crippen LogP contribution in [0.15, 0.2) is 18.2 Å². The van der Waals surface area contributed by atoms with E-state index in [4.69, 9.17) is 22.1 Å². The Morgan fingerprint density at radius 1 is 1.38 bits per heavy atom. The van der Waals surface area contributed by atoms with Crippen LogP contribution < -0.4 is 10.5 Å². The van der Waals surface area contributed by atoms with Gasteiger partial charge in [0.05, 0.1) is 11.6 Å². The van der Waals surface area contributed by atoms with Crippen molar-refractivity contribution >= 4 is 24.0 Å². The van der Waals surface area contributed by atoms with Gasteiger partial charge in [-0.05, 0) is 51.8 Å². The zero-order chi connectivity index (χ0) is 14.5. The van der Waals surface area contributed by atoms with E-state index in [0.717, 1.165) is 25.4 Å². The van der Waals surface area contributed by atoms with Gasteiger partial charge in [0, 0.05) is 18.2 Å². The molecule has 0 spiro atoms. The first-order valence-corrected chi connectivity index (χ1v) is 7.87. The van der Waals surface area contributed by atoms with Gasteiger partial charge < -0.3 is 10.5 Å². The lowest BCUT2D eigenvalue weighted by Gasteiger charge is -2.34. The Kier molecular flexibility index (Phi) is 7.82. The fraction of sp³-hybridized carbons (Fsp3) is 0.625. The molecule has 1 atom stereocenters. The third-order valence-electron chi connectivity index (χ3n) is 4.11. The summed E-state index contributed by atoms with van der Waals surface area (Å²) in [6.07, 6.45) is 2.37. The molecule has 0 saturated carbocycles. The van der Waals surface area contributed by atoms with E-state index < -0.39 is 0 Å².